The van der Waals surface area contributed by atoms with E-state index in [1.807, 2.05) is 19.1 Å². The molecule has 0 aliphatic carbocycles. The molecule has 0 saturated carbocycles. The molecule has 6 heteroatoms. The van der Waals surface area contributed by atoms with Crippen molar-refractivity contribution in [1.82, 2.24) is 15.1 Å². The van der Waals surface area contributed by atoms with E-state index in [1.54, 1.807) is 6.20 Å². The Labute approximate surface area is 111 Å². The Morgan fingerprint density at radius 1 is 1.53 bits per heavy atom. The smallest absolute Gasteiger partial charge is 0.258 e. The average molecular weight is 260 g/mol. The van der Waals surface area contributed by atoms with Gasteiger partial charge in [0.1, 0.15) is 5.82 Å². The average Bonchev–Trinajstić information content (AvgIpc) is 3.07. The predicted molar refractivity (Wildman–Crippen MR) is 69.7 cm³/mol. The quantitative estimate of drug-likeness (QED) is 0.895. The van der Waals surface area contributed by atoms with E-state index in [9.17, 15) is 5.11 Å². The predicted octanol–water partition coefficient (Wildman–Crippen LogP) is 1.26. The van der Waals surface area contributed by atoms with Crippen LogP contribution in [-0.2, 0) is 6.42 Å². The number of aliphatic hydroxyl groups is 1. The molecule has 1 atom stereocenters. The van der Waals surface area contributed by atoms with E-state index in [2.05, 4.69) is 20.0 Å². The number of aryl methyl sites for hydroxylation is 1. The maximum Gasteiger partial charge on any atom is 0.258 e. The maximum absolute atomic E-state index is 9.57. The van der Waals surface area contributed by atoms with Gasteiger partial charge in [0.2, 0.25) is 0 Å². The van der Waals surface area contributed by atoms with Crippen LogP contribution < -0.4 is 4.90 Å². The van der Waals surface area contributed by atoms with Crippen molar-refractivity contribution in [2.75, 3.05) is 18.0 Å². The fourth-order valence-electron chi connectivity index (χ4n) is 2.19. The highest BCUT2D eigenvalue weighted by Crippen LogP contribution is 2.24. The van der Waals surface area contributed by atoms with Gasteiger partial charge in [0.15, 0.2) is 5.82 Å². The lowest BCUT2D eigenvalue weighted by atomic mass is 10.2. The molecule has 0 aromatic carbocycles. The Morgan fingerprint density at radius 2 is 2.42 bits per heavy atom. The maximum atomic E-state index is 9.57. The van der Waals surface area contributed by atoms with Crippen LogP contribution in [-0.4, -0.2) is 39.4 Å². The third-order valence-corrected chi connectivity index (χ3v) is 3.26. The van der Waals surface area contributed by atoms with Crippen LogP contribution in [0.15, 0.2) is 22.9 Å². The van der Waals surface area contributed by atoms with Gasteiger partial charge < -0.3 is 14.5 Å². The van der Waals surface area contributed by atoms with Gasteiger partial charge in [0, 0.05) is 31.3 Å². The van der Waals surface area contributed by atoms with Gasteiger partial charge in [-0.05, 0) is 18.6 Å². The molecule has 19 heavy (non-hydrogen) atoms. The van der Waals surface area contributed by atoms with Crippen LogP contribution >= 0.6 is 0 Å². The summed E-state index contributed by atoms with van der Waals surface area (Å²) in [6.07, 6.45) is 3.00. The molecule has 2 aromatic rings. The highest BCUT2D eigenvalue weighted by atomic mass is 16.5. The number of nitrogens with zero attached hydrogens (tertiary/aromatic N) is 4. The SMILES string of the molecule is CCc1noc(-c2ccnc(N3CCC(O)C3)c2)n1. The molecule has 1 N–H and O–H groups in total. The van der Waals surface area contributed by atoms with Gasteiger partial charge in [0.05, 0.1) is 6.10 Å². The second-order valence-corrected chi connectivity index (χ2v) is 4.66. The van der Waals surface area contributed by atoms with Crippen molar-refractivity contribution in [1.29, 1.82) is 0 Å². The number of β-amino-alcohol motifs (C(OH)–C–C–N with tert-alkyl or cyclic N) is 1. The van der Waals surface area contributed by atoms with Crippen LogP contribution in [0.5, 0.6) is 0 Å². The van der Waals surface area contributed by atoms with Gasteiger partial charge >= 0.3 is 0 Å². The second-order valence-electron chi connectivity index (χ2n) is 4.66. The van der Waals surface area contributed by atoms with E-state index >= 15 is 0 Å². The largest absolute Gasteiger partial charge is 0.391 e. The Bertz CT molecular complexity index is 569. The minimum atomic E-state index is -0.263. The molecule has 0 bridgehead atoms. The van der Waals surface area contributed by atoms with Crippen molar-refractivity contribution >= 4 is 5.82 Å². The van der Waals surface area contributed by atoms with Crippen LogP contribution in [0.2, 0.25) is 0 Å². The minimum Gasteiger partial charge on any atom is -0.391 e. The summed E-state index contributed by atoms with van der Waals surface area (Å²) in [5, 5.41) is 13.5. The highest BCUT2D eigenvalue weighted by molar-refractivity contribution is 5.58. The molecule has 2 aromatic heterocycles. The van der Waals surface area contributed by atoms with Gasteiger partial charge in [-0.2, -0.15) is 4.98 Å². The molecule has 0 spiro atoms. The van der Waals surface area contributed by atoms with E-state index in [-0.39, 0.29) is 6.10 Å². The summed E-state index contributed by atoms with van der Waals surface area (Å²) < 4.78 is 5.22. The van der Waals surface area contributed by atoms with E-state index < -0.39 is 0 Å². The molecule has 100 valence electrons. The molecular weight excluding hydrogens is 244 g/mol. The highest BCUT2D eigenvalue weighted by Gasteiger charge is 2.21. The lowest BCUT2D eigenvalue weighted by molar-refractivity contribution is 0.198. The molecule has 1 saturated heterocycles. The Kier molecular flexibility index (Phi) is 3.16. The molecule has 0 amide bonds. The normalized spacial score (nSPS) is 19.1. The van der Waals surface area contributed by atoms with E-state index in [0.29, 0.717) is 18.3 Å². The zero-order valence-electron chi connectivity index (χ0n) is 10.8. The monoisotopic (exact) mass is 260 g/mol. The number of hydrogen-bond donors (Lipinski definition) is 1. The third-order valence-electron chi connectivity index (χ3n) is 3.26. The summed E-state index contributed by atoms with van der Waals surface area (Å²) in [4.78, 5) is 10.7. The zero-order valence-corrected chi connectivity index (χ0v) is 10.8. The fourth-order valence-corrected chi connectivity index (χ4v) is 2.19. The molecule has 1 aliphatic rings. The molecule has 6 nitrogen and oxygen atoms in total. The summed E-state index contributed by atoms with van der Waals surface area (Å²) in [5.41, 5.74) is 0.860. The van der Waals surface area contributed by atoms with Crippen molar-refractivity contribution in [2.24, 2.45) is 0 Å². The Morgan fingerprint density at radius 3 is 3.11 bits per heavy atom. The van der Waals surface area contributed by atoms with E-state index in [0.717, 1.165) is 30.8 Å². The van der Waals surface area contributed by atoms with E-state index in [1.165, 1.54) is 0 Å². The van der Waals surface area contributed by atoms with Gasteiger partial charge in [-0.1, -0.05) is 12.1 Å². The van der Waals surface area contributed by atoms with Crippen molar-refractivity contribution in [3.63, 3.8) is 0 Å². The molecular formula is C13H16N4O2. The number of hydrogen-bond acceptors (Lipinski definition) is 6. The lowest BCUT2D eigenvalue weighted by Crippen LogP contribution is -2.22. The minimum absolute atomic E-state index is 0.263. The summed E-state index contributed by atoms with van der Waals surface area (Å²) in [7, 11) is 0. The lowest BCUT2D eigenvalue weighted by Gasteiger charge is -2.16. The van der Waals surface area contributed by atoms with Crippen molar-refractivity contribution in [3.8, 4) is 11.5 Å². The van der Waals surface area contributed by atoms with Crippen LogP contribution in [0.25, 0.3) is 11.5 Å². The van der Waals surface area contributed by atoms with Gasteiger partial charge in [-0.3, -0.25) is 0 Å². The number of pyridine rings is 1. The number of aromatic nitrogens is 3. The van der Waals surface area contributed by atoms with Gasteiger partial charge in [-0.25, -0.2) is 4.98 Å². The first-order valence-corrected chi connectivity index (χ1v) is 6.48. The van der Waals surface area contributed by atoms with Crippen molar-refractivity contribution in [2.45, 2.75) is 25.9 Å². The van der Waals surface area contributed by atoms with Crippen molar-refractivity contribution in [3.05, 3.63) is 24.2 Å². The number of anilines is 1. The van der Waals surface area contributed by atoms with Crippen LogP contribution in [0.1, 0.15) is 19.2 Å². The summed E-state index contributed by atoms with van der Waals surface area (Å²) >= 11 is 0. The zero-order chi connectivity index (χ0) is 13.2. The fraction of sp³-hybridized carbons (Fsp3) is 0.462. The number of aliphatic hydroxyl groups excluding tert-OH is 1. The second kappa shape index (κ2) is 4.97. The van der Waals surface area contributed by atoms with Gasteiger partial charge in [-0.15, -0.1) is 0 Å². The van der Waals surface area contributed by atoms with Crippen LogP contribution in [0.3, 0.4) is 0 Å². The third kappa shape index (κ3) is 2.44. The molecule has 0 radical (unpaired) electrons. The number of rotatable bonds is 3. The summed E-state index contributed by atoms with van der Waals surface area (Å²) in [6.45, 7) is 3.43. The van der Waals surface area contributed by atoms with E-state index in [4.69, 9.17) is 4.52 Å². The van der Waals surface area contributed by atoms with Crippen LogP contribution in [0.4, 0.5) is 5.82 Å². The standard InChI is InChI=1S/C13H16N4O2/c1-2-11-15-13(19-16-11)9-3-5-14-12(7-9)17-6-4-10(18)8-17/h3,5,7,10,18H,2,4,6,8H2,1H3. The summed E-state index contributed by atoms with van der Waals surface area (Å²) in [5.74, 6) is 2.05. The summed E-state index contributed by atoms with van der Waals surface area (Å²) in [6, 6.07) is 3.77. The Hall–Kier alpha value is -1.95. The molecule has 1 fully saturated rings. The first kappa shape index (κ1) is 12.1. The molecule has 1 unspecified atom stereocenters. The van der Waals surface area contributed by atoms with Crippen LogP contribution in [0, 0.1) is 0 Å². The topological polar surface area (TPSA) is 75.3 Å². The molecule has 1 aliphatic heterocycles. The first-order chi connectivity index (χ1) is 9.26. The molecule has 3 heterocycles. The van der Waals surface area contributed by atoms with Crippen molar-refractivity contribution < 1.29 is 9.63 Å². The first-order valence-electron chi connectivity index (χ1n) is 6.48. The van der Waals surface area contributed by atoms with Gasteiger partial charge in [0.25, 0.3) is 5.89 Å². The molecule has 3 rings (SSSR count). The Balaban J connectivity index is 1.87.